The Hall–Kier alpha value is -8.15. The Labute approximate surface area is 431 Å². The first-order valence-electron chi connectivity index (χ1n) is 25.1. The molecule has 0 unspecified atom stereocenters. The van der Waals surface area contributed by atoms with Gasteiger partial charge in [-0.3, -0.25) is 0 Å². The van der Waals surface area contributed by atoms with Gasteiger partial charge in [0.05, 0.1) is 33.3 Å². The molecule has 3 heterocycles. The third-order valence-corrected chi connectivity index (χ3v) is 20.9. The summed E-state index contributed by atoms with van der Waals surface area (Å²) >= 11 is 7.59. The highest BCUT2D eigenvalue weighted by Gasteiger charge is 2.56. The van der Waals surface area contributed by atoms with Gasteiger partial charge in [0.2, 0.25) is 0 Å². The summed E-state index contributed by atoms with van der Waals surface area (Å²) in [6.07, 6.45) is 0. The van der Waals surface area contributed by atoms with Crippen molar-refractivity contribution in [3.05, 3.63) is 241 Å². The minimum atomic E-state index is -2.90. The van der Waals surface area contributed by atoms with Gasteiger partial charge in [0, 0.05) is 50.6 Å². The number of rotatable bonds is 7. The zero-order valence-corrected chi connectivity index (χ0v) is 42.5. The van der Waals surface area contributed by atoms with Crippen molar-refractivity contribution in [2.24, 2.45) is 0 Å². The molecule has 0 saturated heterocycles. The van der Waals surface area contributed by atoms with E-state index < -0.39 is 16.9 Å². The average Bonchev–Trinajstić information content (AvgIpc) is 3.81. The fourth-order valence-electron chi connectivity index (χ4n) is 13.0. The Bertz CT molecular complexity index is 3700. The number of anilines is 9. The van der Waals surface area contributed by atoms with Gasteiger partial charge in [0.15, 0.2) is 0 Å². The van der Waals surface area contributed by atoms with Gasteiger partial charge < -0.3 is 24.2 Å². The van der Waals surface area contributed by atoms with Crippen molar-refractivity contribution in [2.75, 3.05) is 14.7 Å². The van der Waals surface area contributed by atoms with Crippen LogP contribution in [0.5, 0.6) is 23.0 Å². The summed E-state index contributed by atoms with van der Waals surface area (Å²) in [5.41, 5.74) is 18.8. The van der Waals surface area contributed by atoms with Gasteiger partial charge >= 0.3 is 0 Å². The minimum absolute atomic E-state index is 0.471. The molecule has 0 radical (unpaired) electrons. The van der Waals surface area contributed by atoms with Gasteiger partial charge in [0.1, 0.15) is 23.0 Å². The Morgan fingerprint density at radius 1 is 0.370 bits per heavy atom. The second-order valence-electron chi connectivity index (χ2n) is 20.8. The molecule has 0 spiro atoms. The third kappa shape index (κ3) is 5.76. The number of hydrogen-bond donors (Lipinski definition) is 0. The molecule has 5 nitrogen and oxygen atoms in total. The first-order chi connectivity index (χ1) is 35.6. The zero-order valence-electron chi connectivity index (χ0n) is 40.8. The smallest absolute Gasteiger partial charge is 0.140 e. The molecule has 350 valence electrons. The summed E-state index contributed by atoms with van der Waals surface area (Å²) in [5.74, 6) is 3.23. The first-order valence-corrected chi connectivity index (χ1v) is 27.9. The second-order valence-corrected chi connectivity index (χ2v) is 25.0. The van der Waals surface area contributed by atoms with Crippen molar-refractivity contribution >= 4 is 84.9 Å². The Morgan fingerprint density at radius 2 is 0.740 bits per heavy atom. The molecule has 0 atom stereocenters. The molecule has 7 heteroatoms. The summed E-state index contributed by atoms with van der Waals surface area (Å²) in [5, 5.41) is 3.22. The normalized spacial score (nSPS) is 15.4. The van der Waals surface area contributed by atoms with Crippen LogP contribution >= 0.6 is 6.04 Å². The first kappa shape index (κ1) is 42.5. The summed E-state index contributed by atoms with van der Waals surface area (Å²) in [7, 11) is 0. The number of nitrogens with zero attached hydrogens (tertiary/aromatic N) is 3. The van der Waals surface area contributed by atoms with Crippen LogP contribution in [0.3, 0.4) is 0 Å². The van der Waals surface area contributed by atoms with E-state index in [-0.39, 0.29) is 0 Å². The van der Waals surface area contributed by atoms with Crippen LogP contribution in [0.1, 0.15) is 49.9 Å². The lowest BCUT2D eigenvalue weighted by molar-refractivity contribution is 0.466. The third-order valence-electron chi connectivity index (χ3n) is 16.0. The predicted octanol–water partition coefficient (Wildman–Crippen LogP) is 17.0. The van der Waals surface area contributed by atoms with Crippen LogP contribution in [-0.4, -0.2) is 0 Å². The van der Waals surface area contributed by atoms with Crippen LogP contribution in [0, 0.1) is 0 Å². The average molecular weight is 978 g/mol. The maximum absolute atomic E-state index is 7.59. The van der Waals surface area contributed by atoms with Crippen LogP contribution in [0.2, 0.25) is 0 Å². The predicted molar refractivity (Wildman–Crippen MR) is 305 cm³/mol. The van der Waals surface area contributed by atoms with Crippen LogP contribution in [0.4, 0.5) is 51.2 Å². The Balaban J connectivity index is 1.00. The lowest BCUT2D eigenvalue weighted by atomic mass is 9.79. The van der Waals surface area contributed by atoms with Crippen LogP contribution in [0.25, 0.3) is 22.3 Å². The van der Waals surface area contributed by atoms with Gasteiger partial charge in [-0.05, 0) is 154 Å². The van der Waals surface area contributed by atoms with Crippen LogP contribution in [0.15, 0.2) is 218 Å². The number of fused-ring (bicyclic) bond motifs is 8. The molecule has 0 amide bonds. The number of benzene rings is 10. The van der Waals surface area contributed by atoms with Crippen LogP contribution < -0.4 is 40.1 Å². The topological polar surface area (TPSA) is 28.2 Å². The quantitative estimate of drug-likeness (QED) is 0.148. The van der Waals surface area contributed by atoms with E-state index in [2.05, 4.69) is 255 Å². The van der Waals surface area contributed by atoms with E-state index in [1.165, 1.54) is 44.5 Å². The van der Waals surface area contributed by atoms with Gasteiger partial charge in [-0.1, -0.05) is 149 Å². The van der Waals surface area contributed by atoms with Crippen molar-refractivity contribution in [2.45, 2.75) is 38.5 Å². The molecule has 2 aliphatic carbocycles. The molecule has 3 aliphatic heterocycles. The van der Waals surface area contributed by atoms with Gasteiger partial charge in [-0.2, -0.15) is 0 Å². The molecular formula is C66H48N3O2PS. The maximum Gasteiger partial charge on any atom is 0.140 e. The summed E-state index contributed by atoms with van der Waals surface area (Å²) in [6, 6.07) is 75.7. The Morgan fingerprint density at radius 3 is 1.12 bits per heavy atom. The molecule has 15 rings (SSSR count). The molecule has 73 heavy (non-hydrogen) atoms. The number of hydrogen-bond acceptors (Lipinski definition) is 6. The molecule has 10 aromatic carbocycles. The largest absolute Gasteiger partial charge is 0.456 e. The monoisotopic (exact) mass is 977 g/mol. The fourth-order valence-corrected chi connectivity index (χ4v) is 18.0. The van der Waals surface area contributed by atoms with Crippen molar-refractivity contribution < 1.29 is 9.47 Å². The fraction of sp³-hybridized carbons (Fsp3) is 0.0909. The van der Waals surface area contributed by atoms with E-state index in [1.54, 1.807) is 0 Å². The Kier molecular flexibility index (Phi) is 8.85. The summed E-state index contributed by atoms with van der Waals surface area (Å²) < 4.78 is 14.4. The highest BCUT2D eigenvalue weighted by molar-refractivity contribution is 8.26. The number of ether oxygens (including phenoxy) is 2. The van der Waals surface area contributed by atoms with E-state index in [4.69, 9.17) is 21.3 Å². The van der Waals surface area contributed by atoms with Gasteiger partial charge in [0.25, 0.3) is 0 Å². The lowest BCUT2D eigenvalue weighted by Crippen LogP contribution is -2.44. The van der Waals surface area contributed by atoms with Crippen molar-refractivity contribution in [1.82, 2.24) is 0 Å². The molecule has 0 aromatic heterocycles. The molecule has 0 fully saturated rings. The van der Waals surface area contributed by atoms with Crippen molar-refractivity contribution in [3.8, 4) is 45.3 Å². The molecule has 0 saturated carbocycles. The highest BCUT2D eigenvalue weighted by atomic mass is 32.4. The van der Waals surface area contributed by atoms with E-state index in [0.29, 0.717) is 0 Å². The van der Waals surface area contributed by atoms with Crippen molar-refractivity contribution in [1.29, 1.82) is 0 Å². The van der Waals surface area contributed by atoms with Gasteiger partial charge in [-0.25, -0.2) is 0 Å². The molecule has 5 aliphatic rings. The summed E-state index contributed by atoms with van der Waals surface area (Å²) in [4.78, 5) is 7.31. The molecule has 0 bridgehead atoms. The maximum atomic E-state index is 7.59. The SMILES string of the molecule is CC1(C)c2cc(N(c3ccccc3)c3ccccc3)ccc2-c2cc3c4c(c21)N(c1ccccc1)c1c2c(cc5c1P4(=S)c1c(cccc1O5)O3)-c1ccc(N(c3ccccc3)c3ccccc3)cc1C2(C)C. The van der Waals surface area contributed by atoms with Crippen LogP contribution in [-0.2, 0) is 22.6 Å². The molecular weight excluding hydrogens is 930 g/mol. The van der Waals surface area contributed by atoms with E-state index in [0.717, 1.165) is 90.1 Å². The van der Waals surface area contributed by atoms with Gasteiger partial charge in [-0.15, -0.1) is 0 Å². The standard InChI is InChI=1S/C66H48N3O2PS/c1-65(2)52-37-46(67(41-21-10-5-11-22-41)42-23-12-6-13-24-42)33-35-48(52)50-39-56-63-60(58(50)65)69(45-29-18-9-19-30-45)61-59-51(40-57-64(61)72(63,73)62-54(70-56)31-20-32-55(62)71-57)49-36-34-47(38-53(49)66(59,3)4)68(43-25-14-7-15-26-43)44-27-16-8-17-28-44/h5-40H,1-4H3. The molecule has 0 N–H and O–H groups in total. The minimum Gasteiger partial charge on any atom is -0.456 e. The van der Waals surface area contributed by atoms with E-state index >= 15 is 0 Å². The van der Waals surface area contributed by atoms with Crippen molar-refractivity contribution in [3.63, 3.8) is 0 Å². The lowest BCUT2D eigenvalue weighted by Gasteiger charge is -2.49. The summed E-state index contributed by atoms with van der Waals surface area (Å²) in [6.45, 7) is 9.64. The van der Waals surface area contributed by atoms with E-state index in [9.17, 15) is 0 Å². The second kappa shape index (κ2) is 15.2. The zero-order chi connectivity index (χ0) is 49.0. The van der Waals surface area contributed by atoms with E-state index in [1.807, 2.05) is 6.07 Å². The molecule has 10 aromatic rings. The highest BCUT2D eigenvalue weighted by Crippen LogP contribution is 2.71. The number of para-hydroxylation sites is 5.